The first-order valence-electron chi connectivity index (χ1n) is 8.94. The van der Waals surface area contributed by atoms with E-state index in [0.29, 0.717) is 22.7 Å². The Balaban J connectivity index is 1.73. The van der Waals surface area contributed by atoms with E-state index in [0.717, 1.165) is 11.1 Å². The van der Waals surface area contributed by atoms with Crippen LogP contribution in [0.1, 0.15) is 21.5 Å². The van der Waals surface area contributed by atoms with Gasteiger partial charge in [0.15, 0.2) is 0 Å². The van der Waals surface area contributed by atoms with Gasteiger partial charge in [0.1, 0.15) is 5.75 Å². The van der Waals surface area contributed by atoms with Crippen molar-refractivity contribution in [1.29, 1.82) is 0 Å². The molecule has 0 bridgehead atoms. The molecule has 0 aromatic heterocycles. The highest BCUT2D eigenvalue weighted by Gasteiger charge is 2.15. The molecule has 0 heterocycles. The standard InChI is InChI=1S/C22H22N2O4S/c1-15-7-8-19(13-16(15)2)24-29(26,27)21-11-9-18(10-12-21)23-22(25)17-5-4-6-20(14-17)28-3/h4-14,24H,1-3H3,(H,23,25). The molecule has 0 aliphatic rings. The number of carbonyl (C=O) groups excluding carboxylic acids is 1. The molecule has 2 N–H and O–H groups in total. The lowest BCUT2D eigenvalue weighted by molar-refractivity contribution is 0.102. The largest absolute Gasteiger partial charge is 0.497 e. The molecule has 1 amide bonds. The number of anilines is 2. The van der Waals surface area contributed by atoms with E-state index in [2.05, 4.69) is 10.0 Å². The topological polar surface area (TPSA) is 84.5 Å². The maximum Gasteiger partial charge on any atom is 0.261 e. The minimum absolute atomic E-state index is 0.107. The number of sulfonamides is 1. The Morgan fingerprint density at radius 2 is 1.55 bits per heavy atom. The number of nitrogens with one attached hydrogen (secondary N) is 2. The molecule has 0 aliphatic carbocycles. The maximum atomic E-state index is 12.6. The Morgan fingerprint density at radius 1 is 0.862 bits per heavy atom. The fourth-order valence-electron chi connectivity index (χ4n) is 2.70. The van der Waals surface area contributed by atoms with Gasteiger partial charge < -0.3 is 10.1 Å². The van der Waals surface area contributed by atoms with E-state index in [1.165, 1.54) is 19.2 Å². The van der Waals surface area contributed by atoms with Crippen molar-refractivity contribution >= 4 is 27.3 Å². The van der Waals surface area contributed by atoms with Crippen molar-refractivity contribution in [3.05, 3.63) is 83.4 Å². The van der Waals surface area contributed by atoms with Crippen LogP contribution in [-0.2, 0) is 10.0 Å². The van der Waals surface area contributed by atoms with E-state index in [9.17, 15) is 13.2 Å². The van der Waals surface area contributed by atoms with Crippen LogP contribution in [0.25, 0.3) is 0 Å². The third kappa shape index (κ3) is 4.94. The molecule has 0 spiro atoms. The van der Waals surface area contributed by atoms with Crippen molar-refractivity contribution in [3.63, 3.8) is 0 Å². The molecule has 0 saturated carbocycles. The van der Waals surface area contributed by atoms with Crippen molar-refractivity contribution in [3.8, 4) is 5.75 Å². The highest BCUT2D eigenvalue weighted by molar-refractivity contribution is 7.92. The number of hydrogen-bond acceptors (Lipinski definition) is 4. The van der Waals surface area contributed by atoms with Crippen molar-refractivity contribution < 1.29 is 17.9 Å². The number of carbonyl (C=O) groups is 1. The van der Waals surface area contributed by atoms with E-state index >= 15 is 0 Å². The van der Waals surface area contributed by atoms with Crippen LogP contribution in [0.3, 0.4) is 0 Å². The zero-order chi connectivity index (χ0) is 21.0. The lowest BCUT2D eigenvalue weighted by Crippen LogP contribution is -2.14. The highest BCUT2D eigenvalue weighted by atomic mass is 32.2. The lowest BCUT2D eigenvalue weighted by Gasteiger charge is -2.11. The van der Waals surface area contributed by atoms with Crippen LogP contribution in [0.5, 0.6) is 5.75 Å². The number of benzene rings is 3. The van der Waals surface area contributed by atoms with Crippen molar-refractivity contribution in [1.82, 2.24) is 0 Å². The Kier molecular flexibility index (Phi) is 5.89. The van der Waals surface area contributed by atoms with Crippen LogP contribution in [-0.4, -0.2) is 21.4 Å². The fraction of sp³-hybridized carbons (Fsp3) is 0.136. The van der Waals surface area contributed by atoms with Crippen molar-refractivity contribution in [2.45, 2.75) is 18.7 Å². The van der Waals surface area contributed by atoms with Crippen LogP contribution in [0, 0.1) is 13.8 Å². The molecular formula is C22H22N2O4S. The second kappa shape index (κ2) is 8.36. The summed E-state index contributed by atoms with van der Waals surface area (Å²) in [5, 5.41) is 2.74. The third-order valence-corrected chi connectivity index (χ3v) is 5.91. The average Bonchev–Trinajstić information content (AvgIpc) is 2.71. The minimum Gasteiger partial charge on any atom is -0.497 e. The second-order valence-corrected chi connectivity index (χ2v) is 8.30. The monoisotopic (exact) mass is 410 g/mol. The Bertz CT molecular complexity index is 1140. The van der Waals surface area contributed by atoms with E-state index in [-0.39, 0.29) is 10.8 Å². The smallest absolute Gasteiger partial charge is 0.261 e. The van der Waals surface area contributed by atoms with Gasteiger partial charge in [-0.25, -0.2) is 8.42 Å². The molecule has 3 aromatic carbocycles. The summed E-state index contributed by atoms with van der Waals surface area (Å²) in [6.07, 6.45) is 0. The van der Waals surface area contributed by atoms with Crippen LogP contribution < -0.4 is 14.8 Å². The van der Waals surface area contributed by atoms with Crippen LogP contribution >= 0.6 is 0 Å². The van der Waals surface area contributed by atoms with Gasteiger partial charge in [-0.1, -0.05) is 12.1 Å². The first kappa shape index (κ1) is 20.4. The van der Waals surface area contributed by atoms with Gasteiger partial charge in [-0.05, 0) is 79.6 Å². The predicted molar refractivity (Wildman–Crippen MR) is 114 cm³/mol. The van der Waals surface area contributed by atoms with Gasteiger partial charge in [-0.2, -0.15) is 0 Å². The summed E-state index contributed by atoms with van der Waals surface area (Å²) in [5.41, 5.74) is 3.52. The summed E-state index contributed by atoms with van der Waals surface area (Å²) in [7, 11) is -2.20. The second-order valence-electron chi connectivity index (χ2n) is 6.61. The Labute approximate surface area is 170 Å². The zero-order valence-electron chi connectivity index (χ0n) is 16.4. The molecule has 3 aromatic rings. The maximum absolute atomic E-state index is 12.6. The van der Waals surface area contributed by atoms with Gasteiger partial charge in [-0.15, -0.1) is 0 Å². The van der Waals surface area contributed by atoms with Crippen LogP contribution in [0.15, 0.2) is 71.6 Å². The van der Waals surface area contributed by atoms with Gasteiger partial charge in [0, 0.05) is 16.9 Å². The van der Waals surface area contributed by atoms with Gasteiger partial charge in [0.25, 0.3) is 15.9 Å². The summed E-state index contributed by atoms with van der Waals surface area (Å²) in [6.45, 7) is 3.89. The molecule has 0 saturated heterocycles. The molecule has 7 heteroatoms. The number of aryl methyl sites for hydroxylation is 2. The highest BCUT2D eigenvalue weighted by Crippen LogP contribution is 2.21. The number of methoxy groups -OCH3 is 1. The molecule has 3 rings (SSSR count). The van der Waals surface area contributed by atoms with E-state index in [4.69, 9.17) is 4.74 Å². The number of amides is 1. The van der Waals surface area contributed by atoms with Crippen molar-refractivity contribution in [2.24, 2.45) is 0 Å². The van der Waals surface area contributed by atoms with Gasteiger partial charge in [-0.3, -0.25) is 9.52 Å². The van der Waals surface area contributed by atoms with Gasteiger partial charge in [0.2, 0.25) is 0 Å². The number of ether oxygens (including phenoxy) is 1. The molecule has 0 aliphatic heterocycles. The molecule has 0 radical (unpaired) electrons. The summed E-state index contributed by atoms with van der Waals surface area (Å²) < 4.78 is 32.9. The summed E-state index contributed by atoms with van der Waals surface area (Å²) >= 11 is 0. The Morgan fingerprint density at radius 3 is 2.21 bits per heavy atom. The normalized spacial score (nSPS) is 11.0. The molecule has 150 valence electrons. The number of rotatable bonds is 6. The van der Waals surface area contributed by atoms with Crippen LogP contribution in [0.2, 0.25) is 0 Å². The SMILES string of the molecule is COc1cccc(C(=O)Nc2ccc(S(=O)(=O)Nc3ccc(C)c(C)c3)cc2)c1. The lowest BCUT2D eigenvalue weighted by atomic mass is 10.1. The molecule has 0 unspecified atom stereocenters. The van der Waals surface area contributed by atoms with E-state index in [1.54, 1.807) is 48.5 Å². The molecule has 0 atom stereocenters. The molecule has 29 heavy (non-hydrogen) atoms. The molecular weight excluding hydrogens is 388 g/mol. The fourth-order valence-corrected chi connectivity index (χ4v) is 3.75. The molecule has 6 nitrogen and oxygen atoms in total. The summed E-state index contributed by atoms with van der Waals surface area (Å²) in [4.78, 5) is 12.5. The van der Waals surface area contributed by atoms with E-state index < -0.39 is 10.0 Å². The van der Waals surface area contributed by atoms with Crippen LogP contribution in [0.4, 0.5) is 11.4 Å². The van der Waals surface area contributed by atoms with Gasteiger partial charge >= 0.3 is 0 Å². The number of hydrogen-bond donors (Lipinski definition) is 2. The predicted octanol–water partition coefficient (Wildman–Crippen LogP) is 4.37. The molecule has 0 fully saturated rings. The quantitative estimate of drug-likeness (QED) is 0.632. The average molecular weight is 410 g/mol. The minimum atomic E-state index is -3.73. The van der Waals surface area contributed by atoms with E-state index in [1.807, 2.05) is 19.9 Å². The van der Waals surface area contributed by atoms with Crippen molar-refractivity contribution in [2.75, 3.05) is 17.1 Å². The first-order valence-corrected chi connectivity index (χ1v) is 10.4. The van der Waals surface area contributed by atoms with Gasteiger partial charge in [0.05, 0.1) is 12.0 Å². The summed E-state index contributed by atoms with van der Waals surface area (Å²) in [5.74, 6) is 0.268. The summed E-state index contributed by atoms with van der Waals surface area (Å²) in [6, 6.07) is 18.1. The first-order chi connectivity index (χ1) is 13.8. The zero-order valence-corrected chi connectivity index (χ0v) is 17.2. The third-order valence-electron chi connectivity index (χ3n) is 4.51. The Hall–Kier alpha value is -3.32.